The number of anilines is 2. The molecular weight excluding hydrogens is 244 g/mol. The summed E-state index contributed by atoms with van der Waals surface area (Å²) >= 11 is 0. The van der Waals surface area contributed by atoms with Crippen LogP contribution in [0, 0.1) is 0 Å². The molecule has 6 nitrogen and oxygen atoms in total. The largest absolute Gasteiger partial charge is 0.476 e. The van der Waals surface area contributed by atoms with E-state index in [2.05, 4.69) is 10.3 Å². The summed E-state index contributed by atoms with van der Waals surface area (Å²) in [5.41, 5.74) is 6.33. The standard InChI is InChI=1S/C13H22N4O2/c1-4-9-19-13-10(14)5-6-11(16-13)17(3)8-7-12(18)15-2/h5-6H,4,7-9,14H2,1-3H3,(H,15,18). The number of carbonyl (C=O) groups excluding carboxylic acids is 1. The van der Waals surface area contributed by atoms with Crippen LogP contribution in [0.5, 0.6) is 5.88 Å². The lowest BCUT2D eigenvalue weighted by Crippen LogP contribution is -2.26. The minimum absolute atomic E-state index is 0.00440. The number of amides is 1. The Kier molecular flexibility index (Phi) is 5.92. The van der Waals surface area contributed by atoms with Crippen LogP contribution in [0.2, 0.25) is 0 Å². The summed E-state index contributed by atoms with van der Waals surface area (Å²) in [5.74, 6) is 1.19. The molecule has 1 aromatic rings. The lowest BCUT2D eigenvalue weighted by molar-refractivity contribution is -0.120. The summed E-state index contributed by atoms with van der Waals surface area (Å²) in [4.78, 5) is 17.5. The molecule has 0 bridgehead atoms. The van der Waals surface area contributed by atoms with E-state index in [4.69, 9.17) is 10.5 Å². The number of carbonyl (C=O) groups is 1. The number of nitrogens with zero attached hydrogens (tertiary/aromatic N) is 2. The van der Waals surface area contributed by atoms with Gasteiger partial charge in [-0.3, -0.25) is 4.79 Å². The molecule has 0 aliphatic rings. The lowest BCUT2D eigenvalue weighted by atomic mass is 10.3. The molecule has 1 aromatic heterocycles. The third-order valence-electron chi connectivity index (χ3n) is 2.66. The molecule has 1 heterocycles. The molecular formula is C13H22N4O2. The van der Waals surface area contributed by atoms with Gasteiger partial charge in [-0.1, -0.05) is 6.92 Å². The van der Waals surface area contributed by atoms with E-state index in [-0.39, 0.29) is 5.91 Å². The Morgan fingerprint density at radius 3 is 2.89 bits per heavy atom. The van der Waals surface area contributed by atoms with Crippen molar-refractivity contribution in [3.05, 3.63) is 12.1 Å². The van der Waals surface area contributed by atoms with Gasteiger partial charge in [0.05, 0.1) is 12.3 Å². The zero-order valence-electron chi connectivity index (χ0n) is 11.8. The molecule has 0 aliphatic heterocycles. The van der Waals surface area contributed by atoms with Gasteiger partial charge in [0.1, 0.15) is 5.82 Å². The number of ether oxygens (including phenoxy) is 1. The maximum absolute atomic E-state index is 11.2. The maximum atomic E-state index is 11.2. The molecule has 19 heavy (non-hydrogen) atoms. The Hall–Kier alpha value is -1.98. The second-order valence-electron chi connectivity index (χ2n) is 4.26. The van der Waals surface area contributed by atoms with Crippen LogP contribution in [-0.2, 0) is 4.79 Å². The highest BCUT2D eigenvalue weighted by molar-refractivity contribution is 5.76. The van der Waals surface area contributed by atoms with Gasteiger partial charge in [0, 0.05) is 27.1 Å². The molecule has 0 aromatic carbocycles. The fourth-order valence-electron chi connectivity index (χ4n) is 1.48. The summed E-state index contributed by atoms with van der Waals surface area (Å²) in [6.45, 7) is 3.20. The van der Waals surface area contributed by atoms with E-state index in [1.54, 1.807) is 13.1 Å². The van der Waals surface area contributed by atoms with Gasteiger partial charge in [0.15, 0.2) is 0 Å². The Morgan fingerprint density at radius 1 is 1.53 bits per heavy atom. The fraction of sp³-hybridized carbons (Fsp3) is 0.538. The van der Waals surface area contributed by atoms with Crippen molar-refractivity contribution in [1.82, 2.24) is 10.3 Å². The van der Waals surface area contributed by atoms with Crippen molar-refractivity contribution in [3.8, 4) is 5.88 Å². The van der Waals surface area contributed by atoms with Crippen LogP contribution in [-0.4, -0.2) is 38.1 Å². The number of nitrogens with two attached hydrogens (primary N) is 1. The summed E-state index contributed by atoms with van der Waals surface area (Å²) in [6.07, 6.45) is 1.32. The van der Waals surface area contributed by atoms with Crippen LogP contribution < -0.4 is 20.7 Å². The van der Waals surface area contributed by atoms with E-state index >= 15 is 0 Å². The lowest BCUT2D eigenvalue weighted by Gasteiger charge is -2.19. The van der Waals surface area contributed by atoms with Crippen LogP contribution in [0.3, 0.4) is 0 Å². The normalized spacial score (nSPS) is 10.1. The summed E-state index contributed by atoms with van der Waals surface area (Å²) in [6, 6.07) is 3.59. The van der Waals surface area contributed by atoms with Crippen molar-refractivity contribution in [1.29, 1.82) is 0 Å². The molecule has 0 fully saturated rings. The number of pyridine rings is 1. The second-order valence-corrected chi connectivity index (χ2v) is 4.26. The molecule has 0 radical (unpaired) electrons. The van der Waals surface area contributed by atoms with Gasteiger partial charge in [0.25, 0.3) is 0 Å². The monoisotopic (exact) mass is 266 g/mol. The predicted molar refractivity (Wildman–Crippen MR) is 76.4 cm³/mol. The van der Waals surface area contributed by atoms with Gasteiger partial charge in [-0.05, 0) is 18.6 Å². The van der Waals surface area contributed by atoms with E-state index in [1.165, 1.54) is 0 Å². The van der Waals surface area contributed by atoms with Crippen LogP contribution >= 0.6 is 0 Å². The molecule has 6 heteroatoms. The van der Waals surface area contributed by atoms with E-state index in [1.807, 2.05) is 24.9 Å². The van der Waals surface area contributed by atoms with E-state index in [0.29, 0.717) is 31.1 Å². The number of hydrogen-bond acceptors (Lipinski definition) is 5. The highest BCUT2D eigenvalue weighted by Crippen LogP contribution is 2.22. The minimum atomic E-state index is 0.00440. The van der Waals surface area contributed by atoms with Crippen molar-refractivity contribution in [3.63, 3.8) is 0 Å². The van der Waals surface area contributed by atoms with Crippen molar-refractivity contribution >= 4 is 17.4 Å². The van der Waals surface area contributed by atoms with Crippen LogP contribution in [0.1, 0.15) is 19.8 Å². The summed E-state index contributed by atoms with van der Waals surface area (Å²) < 4.78 is 5.48. The summed E-state index contributed by atoms with van der Waals surface area (Å²) in [7, 11) is 3.51. The van der Waals surface area contributed by atoms with Crippen LogP contribution in [0.15, 0.2) is 12.1 Å². The zero-order chi connectivity index (χ0) is 14.3. The first kappa shape index (κ1) is 15.1. The van der Waals surface area contributed by atoms with Gasteiger partial charge < -0.3 is 20.7 Å². The SMILES string of the molecule is CCCOc1nc(N(C)CCC(=O)NC)ccc1N. The third kappa shape index (κ3) is 4.65. The molecule has 1 amide bonds. The van der Waals surface area contributed by atoms with E-state index < -0.39 is 0 Å². The second kappa shape index (κ2) is 7.45. The minimum Gasteiger partial charge on any atom is -0.476 e. The average molecular weight is 266 g/mol. The number of aromatic nitrogens is 1. The Labute approximate surface area is 113 Å². The summed E-state index contributed by atoms with van der Waals surface area (Å²) in [5, 5.41) is 2.59. The van der Waals surface area contributed by atoms with Crippen molar-refractivity contribution < 1.29 is 9.53 Å². The zero-order valence-corrected chi connectivity index (χ0v) is 11.8. The maximum Gasteiger partial charge on any atom is 0.239 e. The molecule has 0 saturated heterocycles. The predicted octanol–water partition coefficient (Wildman–Crippen LogP) is 1.02. The van der Waals surface area contributed by atoms with Crippen LogP contribution in [0.25, 0.3) is 0 Å². The smallest absolute Gasteiger partial charge is 0.239 e. The van der Waals surface area contributed by atoms with Gasteiger partial charge in [-0.15, -0.1) is 0 Å². The molecule has 3 N–H and O–H groups in total. The molecule has 1 rings (SSSR count). The Balaban J connectivity index is 2.68. The van der Waals surface area contributed by atoms with E-state index in [9.17, 15) is 4.79 Å². The highest BCUT2D eigenvalue weighted by Gasteiger charge is 2.09. The topological polar surface area (TPSA) is 80.5 Å². The first-order chi connectivity index (χ1) is 9.08. The molecule has 0 saturated carbocycles. The molecule has 0 atom stereocenters. The third-order valence-corrected chi connectivity index (χ3v) is 2.66. The van der Waals surface area contributed by atoms with Gasteiger partial charge in [-0.25, -0.2) is 0 Å². The number of nitrogen functional groups attached to an aromatic ring is 1. The molecule has 106 valence electrons. The van der Waals surface area contributed by atoms with Gasteiger partial charge in [-0.2, -0.15) is 4.98 Å². The molecule has 0 spiro atoms. The van der Waals surface area contributed by atoms with Crippen molar-refractivity contribution in [2.45, 2.75) is 19.8 Å². The Morgan fingerprint density at radius 2 is 2.26 bits per heavy atom. The number of nitrogens with one attached hydrogen (secondary N) is 1. The van der Waals surface area contributed by atoms with Crippen molar-refractivity contribution in [2.24, 2.45) is 0 Å². The first-order valence-corrected chi connectivity index (χ1v) is 6.39. The van der Waals surface area contributed by atoms with Crippen LogP contribution in [0.4, 0.5) is 11.5 Å². The Bertz CT molecular complexity index is 423. The number of rotatable bonds is 7. The number of hydrogen-bond donors (Lipinski definition) is 2. The van der Waals surface area contributed by atoms with E-state index in [0.717, 1.165) is 12.2 Å². The molecule has 0 aliphatic carbocycles. The van der Waals surface area contributed by atoms with Gasteiger partial charge in [0.2, 0.25) is 11.8 Å². The highest BCUT2D eigenvalue weighted by atomic mass is 16.5. The molecule has 0 unspecified atom stereocenters. The fourth-order valence-corrected chi connectivity index (χ4v) is 1.48. The quantitative estimate of drug-likeness (QED) is 0.770. The first-order valence-electron chi connectivity index (χ1n) is 6.39. The average Bonchev–Trinajstić information content (AvgIpc) is 2.43. The van der Waals surface area contributed by atoms with Crippen molar-refractivity contribution in [2.75, 3.05) is 37.9 Å². The van der Waals surface area contributed by atoms with Gasteiger partial charge >= 0.3 is 0 Å².